The van der Waals surface area contributed by atoms with Crippen molar-refractivity contribution in [2.45, 2.75) is 13.0 Å². The minimum atomic E-state index is -0.897. The van der Waals surface area contributed by atoms with Crippen molar-refractivity contribution >= 4 is 17.8 Å². The van der Waals surface area contributed by atoms with Crippen molar-refractivity contribution in [3.05, 3.63) is 24.2 Å². The smallest absolute Gasteiger partial charge is 0.326 e. The van der Waals surface area contributed by atoms with E-state index in [2.05, 4.69) is 5.32 Å². The van der Waals surface area contributed by atoms with Crippen LogP contribution in [0, 0.1) is 0 Å². The average molecular weight is 310 g/mol. The normalized spacial score (nSPS) is 16.0. The molecule has 1 atom stereocenters. The fourth-order valence-electron chi connectivity index (χ4n) is 1.98. The van der Waals surface area contributed by atoms with Crippen molar-refractivity contribution in [1.82, 2.24) is 10.2 Å². The molecule has 1 aliphatic rings. The Bertz CT molecular complexity index is 521. The van der Waals surface area contributed by atoms with Crippen molar-refractivity contribution in [1.29, 1.82) is 0 Å². The second-order valence-electron chi connectivity index (χ2n) is 4.73. The number of amides is 2. The van der Waals surface area contributed by atoms with Crippen LogP contribution in [0.4, 0.5) is 0 Å². The molecule has 120 valence electrons. The molecule has 1 aliphatic heterocycles. The molecule has 8 heteroatoms. The van der Waals surface area contributed by atoms with Crippen LogP contribution in [0.25, 0.3) is 0 Å². The van der Waals surface area contributed by atoms with Gasteiger partial charge in [0.1, 0.15) is 6.54 Å². The Labute approximate surface area is 127 Å². The Balaban J connectivity index is 1.73. The van der Waals surface area contributed by atoms with Gasteiger partial charge >= 0.3 is 5.97 Å². The third kappa shape index (κ3) is 4.32. The fourth-order valence-corrected chi connectivity index (χ4v) is 1.98. The Kier molecular flexibility index (Phi) is 5.54. The highest BCUT2D eigenvalue weighted by atomic mass is 16.5. The van der Waals surface area contributed by atoms with E-state index in [1.54, 1.807) is 11.0 Å². The van der Waals surface area contributed by atoms with E-state index in [4.69, 9.17) is 13.9 Å². The zero-order valence-corrected chi connectivity index (χ0v) is 12.2. The van der Waals surface area contributed by atoms with Crippen LogP contribution < -0.4 is 5.32 Å². The van der Waals surface area contributed by atoms with Gasteiger partial charge in [-0.1, -0.05) is 0 Å². The van der Waals surface area contributed by atoms with Crippen LogP contribution in [0.2, 0.25) is 0 Å². The first-order chi connectivity index (χ1) is 10.6. The first-order valence-corrected chi connectivity index (χ1v) is 6.95. The summed E-state index contributed by atoms with van der Waals surface area (Å²) >= 11 is 0. The van der Waals surface area contributed by atoms with E-state index >= 15 is 0 Å². The monoisotopic (exact) mass is 310 g/mol. The molecule has 2 heterocycles. The van der Waals surface area contributed by atoms with Crippen LogP contribution in [0.3, 0.4) is 0 Å². The molecule has 0 aliphatic carbocycles. The third-order valence-electron chi connectivity index (χ3n) is 3.12. The molecule has 0 saturated carbocycles. The Morgan fingerprint density at radius 2 is 2.09 bits per heavy atom. The lowest BCUT2D eigenvalue weighted by molar-refractivity contribution is -0.160. The third-order valence-corrected chi connectivity index (χ3v) is 3.12. The molecule has 2 rings (SSSR count). The number of nitrogens with zero attached hydrogens (tertiary/aromatic N) is 1. The van der Waals surface area contributed by atoms with E-state index < -0.39 is 18.0 Å². The molecule has 0 aromatic carbocycles. The molecule has 1 N–H and O–H groups in total. The summed E-state index contributed by atoms with van der Waals surface area (Å²) < 4.78 is 15.1. The Morgan fingerprint density at radius 3 is 2.73 bits per heavy atom. The van der Waals surface area contributed by atoms with Crippen molar-refractivity contribution in [3.63, 3.8) is 0 Å². The lowest BCUT2D eigenvalue weighted by atomic mass is 10.3. The van der Waals surface area contributed by atoms with Crippen LogP contribution in [0.5, 0.6) is 0 Å². The van der Waals surface area contributed by atoms with Gasteiger partial charge in [-0.3, -0.25) is 14.4 Å². The molecular formula is C14H18N2O6. The average Bonchev–Trinajstić information content (AvgIpc) is 3.07. The molecule has 2 amide bonds. The molecular weight excluding hydrogens is 292 g/mol. The number of hydrogen-bond donors (Lipinski definition) is 1. The zero-order chi connectivity index (χ0) is 15.9. The van der Waals surface area contributed by atoms with E-state index in [0.29, 0.717) is 26.3 Å². The number of hydrogen-bond acceptors (Lipinski definition) is 6. The number of carbonyl (C=O) groups is 3. The summed E-state index contributed by atoms with van der Waals surface area (Å²) in [6, 6.07) is 3.04. The second-order valence-corrected chi connectivity index (χ2v) is 4.73. The molecule has 1 unspecified atom stereocenters. The number of furan rings is 1. The topological polar surface area (TPSA) is 98.1 Å². The van der Waals surface area contributed by atoms with E-state index in [1.807, 2.05) is 0 Å². The maximum atomic E-state index is 12.0. The minimum Gasteiger partial charge on any atom is -0.459 e. The van der Waals surface area contributed by atoms with Gasteiger partial charge in [-0.05, 0) is 19.1 Å². The molecule has 1 saturated heterocycles. The van der Waals surface area contributed by atoms with Crippen LogP contribution in [-0.2, 0) is 19.1 Å². The quantitative estimate of drug-likeness (QED) is 0.756. The molecule has 1 aromatic heterocycles. The molecule has 0 bridgehead atoms. The van der Waals surface area contributed by atoms with Crippen LogP contribution in [-0.4, -0.2) is 61.6 Å². The van der Waals surface area contributed by atoms with Gasteiger partial charge in [-0.25, -0.2) is 0 Å². The van der Waals surface area contributed by atoms with Gasteiger partial charge < -0.3 is 24.1 Å². The van der Waals surface area contributed by atoms with Crippen LogP contribution >= 0.6 is 0 Å². The highest BCUT2D eigenvalue weighted by Gasteiger charge is 2.25. The SMILES string of the molecule is CC(OC(=O)CNC(=O)c1ccco1)C(=O)N1CCOCC1. The van der Waals surface area contributed by atoms with Crippen molar-refractivity contribution < 1.29 is 28.3 Å². The summed E-state index contributed by atoms with van der Waals surface area (Å²) in [4.78, 5) is 36.9. The van der Waals surface area contributed by atoms with Crippen LogP contribution in [0.1, 0.15) is 17.5 Å². The van der Waals surface area contributed by atoms with Crippen molar-refractivity contribution in [2.75, 3.05) is 32.8 Å². The summed E-state index contributed by atoms with van der Waals surface area (Å²) in [6.07, 6.45) is 0.460. The van der Waals surface area contributed by atoms with Gasteiger partial charge in [0.2, 0.25) is 0 Å². The highest BCUT2D eigenvalue weighted by Crippen LogP contribution is 2.04. The van der Waals surface area contributed by atoms with Crippen molar-refractivity contribution in [3.8, 4) is 0 Å². The Morgan fingerprint density at radius 1 is 1.36 bits per heavy atom. The van der Waals surface area contributed by atoms with Gasteiger partial charge in [-0.2, -0.15) is 0 Å². The number of esters is 1. The van der Waals surface area contributed by atoms with Gasteiger partial charge in [0, 0.05) is 13.1 Å². The summed E-state index contributed by atoms with van der Waals surface area (Å²) in [5.41, 5.74) is 0. The van der Waals surface area contributed by atoms with Gasteiger partial charge in [-0.15, -0.1) is 0 Å². The summed E-state index contributed by atoms with van der Waals surface area (Å²) in [7, 11) is 0. The summed E-state index contributed by atoms with van der Waals surface area (Å²) in [6.45, 7) is 3.09. The predicted octanol–water partition coefficient (Wildman–Crippen LogP) is -0.200. The second kappa shape index (κ2) is 7.60. The number of carbonyl (C=O) groups excluding carboxylic acids is 3. The molecule has 1 fully saturated rings. The van der Waals surface area contributed by atoms with Gasteiger partial charge in [0.15, 0.2) is 11.9 Å². The standard InChI is InChI=1S/C14H18N2O6/c1-10(14(19)16-4-7-20-8-5-16)22-12(17)9-15-13(18)11-3-2-6-21-11/h2-3,6,10H,4-5,7-9H2,1H3,(H,15,18). The van der Waals surface area contributed by atoms with E-state index in [0.717, 1.165) is 0 Å². The predicted molar refractivity (Wildman–Crippen MR) is 74.0 cm³/mol. The fraction of sp³-hybridized carbons (Fsp3) is 0.500. The largest absolute Gasteiger partial charge is 0.459 e. The summed E-state index contributed by atoms with van der Waals surface area (Å²) in [5.74, 6) is -1.37. The highest BCUT2D eigenvalue weighted by molar-refractivity contribution is 5.93. The van der Waals surface area contributed by atoms with Crippen LogP contribution in [0.15, 0.2) is 22.8 Å². The maximum Gasteiger partial charge on any atom is 0.326 e. The zero-order valence-electron chi connectivity index (χ0n) is 12.2. The Hall–Kier alpha value is -2.35. The molecule has 0 radical (unpaired) electrons. The van der Waals surface area contributed by atoms with E-state index in [1.165, 1.54) is 19.3 Å². The first-order valence-electron chi connectivity index (χ1n) is 6.95. The number of morpholine rings is 1. The van der Waals surface area contributed by atoms with Gasteiger partial charge in [0.25, 0.3) is 11.8 Å². The molecule has 8 nitrogen and oxygen atoms in total. The number of ether oxygens (including phenoxy) is 2. The van der Waals surface area contributed by atoms with E-state index in [9.17, 15) is 14.4 Å². The summed E-state index contributed by atoms with van der Waals surface area (Å²) in [5, 5.41) is 2.36. The molecule has 22 heavy (non-hydrogen) atoms. The minimum absolute atomic E-state index is 0.102. The first kappa shape index (κ1) is 16.0. The number of nitrogens with one attached hydrogen (secondary N) is 1. The maximum absolute atomic E-state index is 12.0. The lowest BCUT2D eigenvalue weighted by Crippen LogP contribution is -2.46. The van der Waals surface area contributed by atoms with Gasteiger partial charge in [0.05, 0.1) is 19.5 Å². The molecule has 1 aromatic rings. The molecule has 0 spiro atoms. The number of rotatable bonds is 5. The van der Waals surface area contributed by atoms with E-state index in [-0.39, 0.29) is 18.2 Å². The lowest BCUT2D eigenvalue weighted by Gasteiger charge is -2.28. The van der Waals surface area contributed by atoms with Crippen molar-refractivity contribution in [2.24, 2.45) is 0 Å².